The van der Waals surface area contributed by atoms with Crippen molar-refractivity contribution in [2.45, 2.75) is 38.4 Å². The lowest BCUT2D eigenvalue weighted by Gasteiger charge is -2.31. The van der Waals surface area contributed by atoms with Gasteiger partial charge in [0.2, 0.25) is 0 Å². The van der Waals surface area contributed by atoms with Crippen LogP contribution in [0.3, 0.4) is 0 Å². The molecule has 0 fully saturated rings. The van der Waals surface area contributed by atoms with Gasteiger partial charge in [0, 0.05) is 25.3 Å². The average Bonchev–Trinajstić information content (AvgIpc) is 2.69. The summed E-state index contributed by atoms with van der Waals surface area (Å²) < 4.78 is 79.0. The van der Waals surface area contributed by atoms with Gasteiger partial charge in [0.25, 0.3) is 0 Å². The molecule has 2 heterocycles. The average molecular weight is 479 g/mol. The van der Waals surface area contributed by atoms with Crippen molar-refractivity contribution in [3.63, 3.8) is 0 Å². The van der Waals surface area contributed by atoms with E-state index in [1.165, 1.54) is 12.1 Å². The topological polar surface area (TPSA) is 59.5 Å². The van der Waals surface area contributed by atoms with E-state index in [2.05, 4.69) is 27.9 Å². The maximum atomic E-state index is 14.8. The first kappa shape index (κ1) is 23.5. The first-order valence-electron chi connectivity index (χ1n) is 9.27. The molecule has 0 amide bonds. The van der Waals surface area contributed by atoms with Gasteiger partial charge in [0.15, 0.2) is 5.75 Å². The van der Waals surface area contributed by atoms with Gasteiger partial charge in [-0.1, -0.05) is 23.7 Å². The molecule has 1 aromatic carbocycles. The Morgan fingerprint density at radius 2 is 2.00 bits per heavy atom. The lowest BCUT2D eigenvalue weighted by molar-refractivity contribution is -0.0500. The van der Waals surface area contributed by atoms with Crippen molar-refractivity contribution in [1.82, 2.24) is 9.88 Å². The van der Waals surface area contributed by atoms with E-state index in [1.807, 2.05) is 0 Å². The van der Waals surface area contributed by atoms with Crippen molar-refractivity contribution in [2.24, 2.45) is 0 Å². The molecule has 3 rings (SSSR count). The third-order valence-corrected chi connectivity index (χ3v) is 6.23. The molecule has 11 heteroatoms. The van der Waals surface area contributed by atoms with Crippen LogP contribution in [0.2, 0.25) is 5.02 Å². The zero-order valence-corrected chi connectivity index (χ0v) is 18.2. The van der Waals surface area contributed by atoms with E-state index in [4.69, 9.17) is 11.6 Å². The summed E-state index contributed by atoms with van der Waals surface area (Å²) in [6.45, 7) is 5.73. The number of nitrogens with zero attached hydrogens (tertiary/aromatic N) is 2. The molecule has 2 aromatic rings. The molecule has 0 bridgehead atoms. The van der Waals surface area contributed by atoms with E-state index in [0.29, 0.717) is 12.6 Å². The van der Waals surface area contributed by atoms with E-state index in [1.54, 1.807) is 12.3 Å². The van der Waals surface area contributed by atoms with Gasteiger partial charge in [-0.15, -0.1) is 0 Å². The highest BCUT2D eigenvalue weighted by Gasteiger charge is 2.48. The molecule has 31 heavy (non-hydrogen) atoms. The number of hydrogen-bond donors (Lipinski definition) is 0. The molecule has 0 saturated heterocycles. The Morgan fingerprint density at radius 3 is 2.65 bits per heavy atom. The summed E-state index contributed by atoms with van der Waals surface area (Å²) >= 11 is 5.96. The predicted octanol–water partition coefficient (Wildman–Crippen LogP) is 5.20. The molecule has 0 saturated carbocycles. The van der Waals surface area contributed by atoms with Crippen LogP contribution in [0, 0.1) is 0 Å². The number of aromatic nitrogens is 1. The lowest BCUT2D eigenvalue weighted by atomic mass is 9.99. The summed E-state index contributed by atoms with van der Waals surface area (Å²) in [5.41, 5.74) is -3.67. The zero-order chi connectivity index (χ0) is 23.0. The maximum absolute atomic E-state index is 14.8. The van der Waals surface area contributed by atoms with Crippen molar-refractivity contribution in [3.8, 4) is 5.75 Å². The second-order valence-corrected chi connectivity index (χ2v) is 9.20. The Kier molecular flexibility index (Phi) is 6.64. The SMILES string of the molecule is CC(C)N1CCc2cc(/C(F)=C/c3cccc(OS(=O)(=O)C(F)(F)F)c3Cl)ncc2C1. The quantitative estimate of drug-likeness (QED) is 0.336. The molecule has 1 aliphatic heterocycles. The van der Waals surface area contributed by atoms with Crippen LogP contribution in [0.4, 0.5) is 17.6 Å². The normalized spacial score (nSPS) is 15.8. The summed E-state index contributed by atoms with van der Waals surface area (Å²) in [5.74, 6) is -1.53. The van der Waals surface area contributed by atoms with E-state index in [-0.39, 0.29) is 11.3 Å². The molecular weight excluding hydrogens is 460 g/mol. The summed E-state index contributed by atoms with van der Waals surface area (Å²) in [6.07, 6.45) is 3.30. The number of fused-ring (bicyclic) bond motifs is 1. The van der Waals surface area contributed by atoms with Crippen molar-refractivity contribution in [1.29, 1.82) is 0 Å². The van der Waals surface area contributed by atoms with Gasteiger partial charge in [0.05, 0.1) is 10.7 Å². The second kappa shape index (κ2) is 8.76. The fraction of sp³-hybridized carbons (Fsp3) is 0.350. The smallest absolute Gasteiger partial charge is 0.374 e. The van der Waals surface area contributed by atoms with Crippen molar-refractivity contribution >= 4 is 33.6 Å². The number of halogens is 5. The van der Waals surface area contributed by atoms with Gasteiger partial charge < -0.3 is 4.18 Å². The molecular formula is C20H19ClF4N2O3S. The van der Waals surface area contributed by atoms with Gasteiger partial charge in [-0.2, -0.15) is 21.6 Å². The minimum atomic E-state index is -5.91. The molecule has 0 aliphatic carbocycles. The van der Waals surface area contributed by atoms with Crippen molar-refractivity contribution < 1.29 is 30.2 Å². The summed E-state index contributed by atoms with van der Waals surface area (Å²) in [6, 6.07) is 5.46. The highest BCUT2D eigenvalue weighted by molar-refractivity contribution is 7.88. The minimum Gasteiger partial charge on any atom is -0.374 e. The van der Waals surface area contributed by atoms with Crippen molar-refractivity contribution in [2.75, 3.05) is 6.54 Å². The number of hydrogen-bond acceptors (Lipinski definition) is 5. The van der Waals surface area contributed by atoms with Crippen LogP contribution >= 0.6 is 11.6 Å². The van der Waals surface area contributed by atoms with Gasteiger partial charge in [-0.05, 0) is 55.2 Å². The number of pyridine rings is 1. The number of rotatable bonds is 5. The lowest BCUT2D eigenvalue weighted by Crippen LogP contribution is -2.36. The van der Waals surface area contributed by atoms with Crippen LogP contribution in [0.25, 0.3) is 11.9 Å². The first-order valence-corrected chi connectivity index (χ1v) is 11.1. The summed E-state index contributed by atoms with van der Waals surface area (Å²) in [5, 5.41) is -0.476. The second-order valence-electron chi connectivity index (χ2n) is 7.29. The highest BCUT2D eigenvalue weighted by atomic mass is 35.5. The Morgan fingerprint density at radius 1 is 1.29 bits per heavy atom. The Bertz CT molecular complexity index is 1120. The van der Waals surface area contributed by atoms with Gasteiger partial charge >= 0.3 is 15.6 Å². The number of benzene rings is 1. The number of alkyl halides is 3. The molecule has 0 spiro atoms. The van der Waals surface area contributed by atoms with Crippen LogP contribution < -0.4 is 4.18 Å². The van der Waals surface area contributed by atoms with Crippen LogP contribution in [0.15, 0.2) is 30.5 Å². The molecule has 168 valence electrons. The van der Waals surface area contributed by atoms with Gasteiger partial charge in [0.1, 0.15) is 5.83 Å². The van der Waals surface area contributed by atoms with Crippen LogP contribution in [0.1, 0.15) is 36.2 Å². The van der Waals surface area contributed by atoms with E-state index in [9.17, 15) is 26.0 Å². The molecule has 0 radical (unpaired) electrons. The minimum absolute atomic E-state index is 0.0436. The fourth-order valence-electron chi connectivity index (χ4n) is 3.11. The third kappa shape index (κ3) is 5.19. The van der Waals surface area contributed by atoms with Crippen molar-refractivity contribution in [3.05, 3.63) is 57.9 Å². The van der Waals surface area contributed by atoms with Gasteiger partial charge in [-0.3, -0.25) is 9.88 Å². The Balaban J connectivity index is 1.88. The Labute approximate surface area is 182 Å². The van der Waals surface area contributed by atoms with Gasteiger partial charge in [-0.25, -0.2) is 4.39 Å². The van der Waals surface area contributed by atoms with E-state index in [0.717, 1.165) is 36.2 Å². The monoisotopic (exact) mass is 478 g/mol. The maximum Gasteiger partial charge on any atom is 0.534 e. The largest absolute Gasteiger partial charge is 0.534 e. The van der Waals surface area contributed by atoms with Crippen LogP contribution in [-0.4, -0.2) is 36.4 Å². The van der Waals surface area contributed by atoms with Crippen LogP contribution in [0.5, 0.6) is 5.75 Å². The fourth-order valence-corrected chi connectivity index (χ4v) is 3.85. The molecule has 0 N–H and O–H groups in total. The molecule has 1 aliphatic rings. The Hall–Kier alpha value is -2.17. The summed E-state index contributed by atoms with van der Waals surface area (Å²) in [7, 11) is -5.91. The molecule has 1 aromatic heterocycles. The summed E-state index contributed by atoms with van der Waals surface area (Å²) in [4.78, 5) is 6.41. The van der Waals surface area contributed by atoms with E-state index < -0.39 is 32.2 Å². The molecule has 5 nitrogen and oxygen atoms in total. The standard InChI is InChI=1S/C20H19ClF4N2O3S/c1-12(2)27-7-6-13-9-17(26-10-15(13)11-27)16(22)8-14-4-3-5-18(19(14)21)30-31(28,29)20(23,24)25/h3-5,8-10,12H,6-7,11H2,1-2H3/b16-8-. The molecule has 0 atom stereocenters. The molecule has 0 unspecified atom stereocenters. The van der Waals surface area contributed by atoms with Crippen LogP contribution in [-0.2, 0) is 23.1 Å². The predicted molar refractivity (Wildman–Crippen MR) is 110 cm³/mol. The highest BCUT2D eigenvalue weighted by Crippen LogP contribution is 2.35. The zero-order valence-electron chi connectivity index (χ0n) is 16.6. The third-order valence-electron chi connectivity index (χ3n) is 4.86. The van der Waals surface area contributed by atoms with E-state index >= 15 is 0 Å². The first-order chi connectivity index (χ1) is 14.4.